The molecule has 0 fully saturated rings. The average molecular weight is 191 g/mol. The van der Waals surface area contributed by atoms with Crippen molar-refractivity contribution < 1.29 is 5.11 Å². The monoisotopic (exact) mass is 190 g/mol. The maximum atomic E-state index is 8.56. The van der Waals surface area contributed by atoms with Crippen molar-refractivity contribution in [1.82, 2.24) is 0 Å². The molecule has 0 aromatic heterocycles. The smallest absolute Gasteiger partial charge is 0.0642 e. The van der Waals surface area contributed by atoms with Crippen LogP contribution < -0.4 is 0 Å². The minimum absolute atomic E-state index is 0.128. The summed E-state index contributed by atoms with van der Waals surface area (Å²) in [5.74, 6) is 0. The highest BCUT2D eigenvalue weighted by Crippen LogP contribution is 2.08. The van der Waals surface area contributed by atoms with Crippen molar-refractivity contribution in [2.45, 2.75) is 13.8 Å². The molecule has 2 heteroatoms. The third-order valence-corrected chi connectivity index (χ3v) is 1.60. The van der Waals surface area contributed by atoms with E-state index in [9.17, 15) is 0 Å². The fourth-order valence-electron chi connectivity index (χ4n) is 0.364. The molecular weight excluding hydrogens is 180 g/mol. The second-order valence-electron chi connectivity index (χ2n) is 1.82. The number of hydrogen-bond donors (Lipinski definition) is 1. The van der Waals surface area contributed by atoms with Crippen molar-refractivity contribution in [3.05, 3.63) is 22.2 Å². The van der Waals surface area contributed by atoms with Crippen molar-refractivity contribution in [3.8, 4) is 0 Å². The molecule has 0 aliphatic rings. The van der Waals surface area contributed by atoms with Crippen LogP contribution in [0.1, 0.15) is 13.8 Å². The molecule has 0 aliphatic heterocycles. The van der Waals surface area contributed by atoms with Crippen LogP contribution >= 0.6 is 15.9 Å². The molecular formula is C7H11BrO. The van der Waals surface area contributed by atoms with Crippen LogP contribution in [-0.2, 0) is 0 Å². The lowest BCUT2D eigenvalue weighted by molar-refractivity contribution is 0.331. The maximum absolute atomic E-state index is 8.56. The minimum atomic E-state index is 0.128. The van der Waals surface area contributed by atoms with E-state index in [0.717, 1.165) is 10.1 Å². The Morgan fingerprint density at radius 2 is 2.22 bits per heavy atom. The number of allylic oxidation sites excluding steroid dienone is 3. The summed E-state index contributed by atoms with van der Waals surface area (Å²) in [6.45, 7) is 3.94. The predicted octanol–water partition coefficient (Wildman–Crippen LogP) is 2.22. The Kier molecular flexibility index (Phi) is 4.72. The van der Waals surface area contributed by atoms with Gasteiger partial charge in [0.05, 0.1) is 6.61 Å². The lowest BCUT2D eigenvalue weighted by Gasteiger charge is -1.91. The molecule has 0 rings (SSSR count). The second kappa shape index (κ2) is 4.77. The number of aliphatic hydroxyl groups is 1. The third kappa shape index (κ3) is 4.43. The summed E-state index contributed by atoms with van der Waals surface area (Å²) in [7, 11) is 0. The van der Waals surface area contributed by atoms with Crippen LogP contribution in [0.25, 0.3) is 0 Å². The van der Waals surface area contributed by atoms with Gasteiger partial charge in [-0.2, -0.15) is 0 Å². The van der Waals surface area contributed by atoms with E-state index in [1.165, 1.54) is 0 Å². The Morgan fingerprint density at radius 3 is 2.56 bits per heavy atom. The molecule has 0 unspecified atom stereocenters. The van der Waals surface area contributed by atoms with Crippen molar-refractivity contribution >= 4 is 15.9 Å². The summed E-state index contributed by atoms with van der Waals surface area (Å²) in [4.78, 5) is 0. The maximum Gasteiger partial charge on any atom is 0.0642 e. The first-order valence-corrected chi connectivity index (χ1v) is 3.60. The van der Waals surface area contributed by atoms with Crippen LogP contribution in [0.3, 0.4) is 0 Å². The fourth-order valence-corrected chi connectivity index (χ4v) is 0.755. The number of aliphatic hydroxyl groups excluding tert-OH is 1. The first kappa shape index (κ1) is 8.92. The summed E-state index contributed by atoms with van der Waals surface area (Å²) in [5.41, 5.74) is 0.958. The Balaban J connectivity index is 3.95. The molecule has 52 valence electrons. The molecule has 0 aliphatic carbocycles. The van der Waals surface area contributed by atoms with Crippen molar-refractivity contribution in [3.63, 3.8) is 0 Å². The number of rotatable bonds is 2. The van der Waals surface area contributed by atoms with Gasteiger partial charge in [-0.3, -0.25) is 0 Å². The van der Waals surface area contributed by atoms with Crippen LogP contribution in [0.4, 0.5) is 0 Å². The molecule has 0 amide bonds. The average Bonchev–Trinajstić information content (AvgIpc) is 1.87. The molecule has 0 saturated heterocycles. The number of hydrogen-bond acceptors (Lipinski definition) is 1. The fraction of sp³-hybridized carbons (Fsp3) is 0.429. The predicted molar refractivity (Wildman–Crippen MR) is 43.5 cm³/mol. The van der Waals surface area contributed by atoms with E-state index in [0.29, 0.717) is 0 Å². The second-order valence-corrected chi connectivity index (χ2v) is 2.74. The molecule has 1 nitrogen and oxygen atoms in total. The van der Waals surface area contributed by atoms with E-state index in [1.807, 2.05) is 26.0 Å². The van der Waals surface area contributed by atoms with E-state index >= 15 is 0 Å². The van der Waals surface area contributed by atoms with E-state index in [1.54, 1.807) is 0 Å². The highest BCUT2D eigenvalue weighted by molar-refractivity contribution is 9.11. The summed E-state index contributed by atoms with van der Waals surface area (Å²) >= 11 is 3.29. The Hall–Kier alpha value is -0.0800. The summed E-state index contributed by atoms with van der Waals surface area (Å²) in [6.07, 6.45) is 3.82. The molecule has 0 atom stereocenters. The van der Waals surface area contributed by atoms with Gasteiger partial charge in [-0.25, -0.2) is 0 Å². The molecule has 9 heavy (non-hydrogen) atoms. The molecule has 0 radical (unpaired) electrons. The topological polar surface area (TPSA) is 20.2 Å². The van der Waals surface area contributed by atoms with Crippen LogP contribution in [0, 0.1) is 0 Å². The van der Waals surface area contributed by atoms with Crippen molar-refractivity contribution in [2.24, 2.45) is 0 Å². The van der Waals surface area contributed by atoms with Gasteiger partial charge < -0.3 is 5.11 Å². The van der Waals surface area contributed by atoms with Gasteiger partial charge >= 0.3 is 0 Å². The van der Waals surface area contributed by atoms with E-state index in [2.05, 4.69) is 15.9 Å². The van der Waals surface area contributed by atoms with Crippen molar-refractivity contribution in [1.29, 1.82) is 0 Å². The zero-order valence-electron chi connectivity index (χ0n) is 5.69. The van der Waals surface area contributed by atoms with Crippen LogP contribution in [-0.4, -0.2) is 11.7 Å². The number of halogens is 1. The Bertz CT molecular complexity index is 136. The van der Waals surface area contributed by atoms with Gasteiger partial charge in [-0.15, -0.1) is 0 Å². The van der Waals surface area contributed by atoms with Gasteiger partial charge in [0, 0.05) is 4.48 Å². The standard InChI is InChI=1S/C7H11BrO/c1-3-7(8)4-6(2)5-9/h3-4,9H,5H2,1-2H3/b6-4+,7-3+. The summed E-state index contributed by atoms with van der Waals surface area (Å²) in [6, 6.07) is 0. The van der Waals surface area contributed by atoms with Gasteiger partial charge in [0.25, 0.3) is 0 Å². The largest absolute Gasteiger partial charge is 0.392 e. The quantitative estimate of drug-likeness (QED) is 0.663. The van der Waals surface area contributed by atoms with Gasteiger partial charge in [-0.05, 0) is 25.5 Å². The van der Waals surface area contributed by atoms with E-state index < -0.39 is 0 Å². The Labute approximate surface area is 64.2 Å². The molecule has 0 saturated carbocycles. The lowest BCUT2D eigenvalue weighted by Crippen LogP contribution is -1.82. The normalized spacial score (nSPS) is 14.2. The molecule has 1 N–H and O–H groups in total. The summed E-state index contributed by atoms with van der Waals surface area (Å²) in [5, 5.41) is 8.56. The highest BCUT2D eigenvalue weighted by Gasteiger charge is 1.85. The van der Waals surface area contributed by atoms with Crippen molar-refractivity contribution in [2.75, 3.05) is 6.61 Å². The molecule has 0 aromatic carbocycles. The van der Waals surface area contributed by atoms with E-state index in [-0.39, 0.29) is 6.61 Å². The zero-order valence-corrected chi connectivity index (χ0v) is 7.27. The zero-order chi connectivity index (χ0) is 7.28. The summed E-state index contributed by atoms with van der Waals surface area (Å²) < 4.78 is 1.01. The van der Waals surface area contributed by atoms with Gasteiger partial charge in [0.1, 0.15) is 0 Å². The molecule has 0 spiro atoms. The molecule has 0 heterocycles. The highest BCUT2D eigenvalue weighted by atomic mass is 79.9. The van der Waals surface area contributed by atoms with Gasteiger partial charge in [0.2, 0.25) is 0 Å². The first-order chi connectivity index (χ1) is 4.20. The minimum Gasteiger partial charge on any atom is -0.392 e. The molecule has 0 aromatic rings. The van der Waals surface area contributed by atoms with Gasteiger partial charge in [0.15, 0.2) is 0 Å². The lowest BCUT2D eigenvalue weighted by atomic mass is 10.3. The molecule has 0 bridgehead atoms. The van der Waals surface area contributed by atoms with Gasteiger partial charge in [-0.1, -0.05) is 22.0 Å². The van der Waals surface area contributed by atoms with Crippen LogP contribution in [0.2, 0.25) is 0 Å². The Morgan fingerprint density at radius 1 is 1.67 bits per heavy atom. The third-order valence-electron chi connectivity index (χ3n) is 0.909. The van der Waals surface area contributed by atoms with E-state index in [4.69, 9.17) is 5.11 Å². The van der Waals surface area contributed by atoms with Crippen LogP contribution in [0.15, 0.2) is 22.2 Å². The van der Waals surface area contributed by atoms with Crippen LogP contribution in [0.5, 0.6) is 0 Å². The SMILES string of the molecule is C/C=C(Br)\C=C(/C)CO. The first-order valence-electron chi connectivity index (χ1n) is 2.80.